The van der Waals surface area contributed by atoms with Crippen LogP contribution in [0.4, 0.5) is 4.79 Å². The van der Waals surface area contributed by atoms with E-state index in [4.69, 9.17) is 0 Å². The van der Waals surface area contributed by atoms with Gasteiger partial charge in [0.05, 0.1) is 0 Å². The number of rotatable bonds is 1. The average Bonchev–Trinajstić information content (AvgIpc) is 2.38. The number of amides is 2. The van der Waals surface area contributed by atoms with Crippen LogP contribution in [0.25, 0.3) is 0 Å². The van der Waals surface area contributed by atoms with Crippen molar-refractivity contribution >= 4 is 6.03 Å². The van der Waals surface area contributed by atoms with E-state index >= 15 is 0 Å². The smallest absolute Gasteiger partial charge is 0.320 e. The first-order chi connectivity index (χ1) is 8.20. The summed E-state index contributed by atoms with van der Waals surface area (Å²) in [4.78, 5) is 16.3. The molecule has 2 unspecified atom stereocenters. The van der Waals surface area contributed by atoms with Crippen molar-refractivity contribution in [3.8, 4) is 0 Å². The van der Waals surface area contributed by atoms with Crippen molar-refractivity contribution in [2.75, 3.05) is 32.8 Å². The van der Waals surface area contributed by atoms with Gasteiger partial charge < -0.3 is 14.9 Å². The number of likely N-dealkylation sites (tertiary alicyclic amines) is 2. The lowest BCUT2D eigenvalue weighted by molar-refractivity contribution is 0.0956. The van der Waals surface area contributed by atoms with Crippen LogP contribution in [0.5, 0.6) is 0 Å². The zero-order chi connectivity index (χ0) is 12.3. The van der Waals surface area contributed by atoms with E-state index in [-0.39, 0.29) is 18.6 Å². The molecule has 0 saturated carbocycles. The maximum Gasteiger partial charge on any atom is 0.320 e. The highest BCUT2D eigenvalue weighted by Crippen LogP contribution is 2.21. The summed E-state index contributed by atoms with van der Waals surface area (Å²) in [5.41, 5.74) is 0. The van der Waals surface area contributed by atoms with E-state index < -0.39 is 0 Å². The number of piperidine rings is 2. The minimum Gasteiger partial charge on any atom is -0.396 e. The van der Waals surface area contributed by atoms with Gasteiger partial charge in [-0.2, -0.15) is 0 Å². The molecule has 0 radical (unpaired) electrons. The zero-order valence-corrected chi connectivity index (χ0v) is 10.8. The highest BCUT2D eigenvalue weighted by atomic mass is 16.3. The van der Waals surface area contributed by atoms with Gasteiger partial charge in [0.1, 0.15) is 0 Å². The fourth-order valence-corrected chi connectivity index (χ4v) is 2.95. The summed E-state index contributed by atoms with van der Waals surface area (Å²) in [5.74, 6) is 0.918. The molecule has 4 heteroatoms. The van der Waals surface area contributed by atoms with Crippen molar-refractivity contribution in [3.05, 3.63) is 0 Å². The van der Waals surface area contributed by atoms with E-state index in [1.807, 2.05) is 9.80 Å². The van der Waals surface area contributed by atoms with Crippen LogP contribution in [0.15, 0.2) is 0 Å². The number of aliphatic hydroxyl groups excluding tert-OH is 1. The number of hydrogen-bond donors (Lipinski definition) is 1. The SMILES string of the molecule is CC1CCCN(C(=O)N2CCCC(CO)C2)C1. The quantitative estimate of drug-likeness (QED) is 0.755. The third-order valence-corrected chi connectivity index (χ3v) is 3.98. The van der Waals surface area contributed by atoms with Crippen molar-refractivity contribution in [1.29, 1.82) is 0 Å². The lowest BCUT2D eigenvalue weighted by Gasteiger charge is -2.38. The molecule has 2 saturated heterocycles. The molecule has 0 aromatic rings. The first-order valence-electron chi connectivity index (χ1n) is 6.85. The summed E-state index contributed by atoms with van der Waals surface area (Å²) in [7, 11) is 0. The number of carbonyl (C=O) groups excluding carboxylic acids is 1. The third-order valence-electron chi connectivity index (χ3n) is 3.98. The van der Waals surface area contributed by atoms with E-state index in [0.29, 0.717) is 5.92 Å². The number of nitrogens with zero attached hydrogens (tertiary/aromatic N) is 2. The van der Waals surface area contributed by atoms with Gasteiger partial charge in [-0.15, -0.1) is 0 Å². The van der Waals surface area contributed by atoms with Crippen molar-refractivity contribution in [3.63, 3.8) is 0 Å². The minimum absolute atomic E-state index is 0.190. The molecule has 0 bridgehead atoms. The van der Waals surface area contributed by atoms with Crippen LogP contribution >= 0.6 is 0 Å². The Labute approximate surface area is 104 Å². The van der Waals surface area contributed by atoms with E-state index in [1.54, 1.807) is 0 Å². The van der Waals surface area contributed by atoms with E-state index in [9.17, 15) is 9.90 Å². The van der Waals surface area contributed by atoms with Crippen molar-refractivity contribution in [2.45, 2.75) is 32.6 Å². The second-order valence-corrected chi connectivity index (χ2v) is 5.61. The molecule has 0 aromatic heterocycles. The summed E-state index contributed by atoms with van der Waals surface area (Å²) < 4.78 is 0. The van der Waals surface area contributed by atoms with Crippen molar-refractivity contribution in [2.24, 2.45) is 11.8 Å². The van der Waals surface area contributed by atoms with E-state index in [0.717, 1.165) is 45.4 Å². The van der Waals surface area contributed by atoms with Gasteiger partial charge in [0.25, 0.3) is 0 Å². The molecule has 98 valence electrons. The van der Waals surface area contributed by atoms with Crippen LogP contribution in [0, 0.1) is 11.8 Å². The molecule has 0 aromatic carbocycles. The molecule has 4 nitrogen and oxygen atoms in total. The van der Waals surface area contributed by atoms with Gasteiger partial charge in [-0.25, -0.2) is 4.79 Å². The molecule has 2 heterocycles. The van der Waals surface area contributed by atoms with Crippen LogP contribution in [-0.4, -0.2) is 53.7 Å². The van der Waals surface area contributed by atoms with Crippen molar-refractivity contribution < 1.29 is 9.90 Å². The maximum absolute atomic E-state index is 12.3. The number of aliphatic hydroxyl groups is 1. The average molecular weight is 240 g/mol. The van der Waals surface area contributed by atoms with Gasteiger partial charge in [0.2, 0.25) is 0 Å². The van der Waals surface area contributed by atoms with Gasteiger partial charge in [0.15, 0.2) is 0 Å². The monoisotopic (exact) mass is 240 g/mol. The molecule has 17 heavy (non-hydrogen) atoms. The van der Waals surface area contributed by atoms with Gasteiger partial charge in [-0.3, -0.25) is 0 Å². The summed E-state index contributed by atoms with van der Waals surface area (Å²) >= 11 is 0. The third kappa shape index (κ3) is 3.12. The normalized spacial score (nSPS) is 30.5. The Morgan fingerprint density at radius 2 is 1.82 bits per heavy atom. The maximum atomic E-state index is 12.3. The highest BCUT2D eigenvalue weighted by molar-refractivity contribution is 5.74. The molecular formula is C13H24N2O2. The fourth-order valence-electron chi connectivity index (χ4n) is 2.95. The predicted molar refractivity (Wildman–Crippen MR) is 66.7 cm³/mol. The first-order valence-corrected chi connectivity index (χ1v) is 6.85. The zero-order valence-electron chi connectivity index (χ0n) is 10.8. The Balaban J connectivity index is 1.89. The summed E-state index contributed by atoms with van der Waals surface area (Å²) in [6.45, 7) is 5.83. The fraction of sp³-hybridized carbons (Fsp3) is 0.923. The summed E-state index contributed by atoms with van der Waals surface area (Å²) in [5, 5.41) is 9.19. The molecule has 2 aliphatic heterocycles. The Kier molecular flexibility index (Phi) is 4.26. The Morgan fingerprint density at radius 3 is 2.47 bits per heavy atom. The first kappa shape index (κ1) is 12.7. The minimum atomic E-state index is 0.190. The topological polar surface area (TPSA) is 43.8 Å². The largest absolute Gasteiger partial charge is 0.396 e. The molecule has 0 aliphatic carbocycles. The lowest BCUT2D eigenvalue weighted by atomic mass is 9.98. The van der Waals surface area contributed by atoms with Gasteiger partial charge in [-0.1, -0.05) is 6.92 Å². The second-order valence-electron chi connectivity index (χ2n) is 5.61. The van der Waals surface area contributed by atoms with E-state index in [1.165, 1.54) is 6.42 Å². The van der Waals surface area contributed by atoms with Crippen LogP contribution in [0.2, 0.25) is 0 Å². The predicted octanol–water partition coefficient (Wildman–Crippen LogP) is 1.54. The van der Waals surface area contributed by atoms with Crippen LogP contribution < -0.4 is 0 Å². The van der Waals surface area contributed by atoms with Crippen molar-refractivity contribution in [1.82, 2.24) is 9.80 Å². The Bertz CT molecular complexity index is 270. The molecule has 1 N–H and O–H groups in total. The number of carbonyl (C=O) groups is 1. The molecule has 2 aliphatic rings. The summed E-state index contributed by atoms with van der Waals surface area (Å²) in [6, 6.07) is 0.190. The second kappa shape index (κ2) is 5.71. The van der Waals surface area contributed by atoms with Gasteiger partial charge in [-0.05, 0) is 37.5 Å². The van der Waals surface area contributed by atoms with E-state index in [2.05, 4.69) is 6.92 Å². The van der Waals surface area contributed by atoms with Crippen LogP contribution in [0.3, 0.4) is 0 Å². The molecule has 2 rings (SSSR count). The Morgan fingerprint density at radius 1 is 1.18 bits per heavy atom. The standard InChI is InChI=1S/C13H24N2O2/c1-11-4-2-6-14(8-11)13(17)15-7-3-5-12(9-15)10-16/h11-12,16H,2-10H2,1H3. The highest BCUT2D eigenvalue weighted by Gasteiger charge is 2.28. The van der Waals surface area contributed by atoms with Gasteiger partial charge in [0, 0.05) is 32.8 Å². The van der Waals surface area contributed by atoms with Gasteiger partial charge >= 0.3 is 6.03 Å². The van der Waals surface area contributed by atoms with Crippen LogP contribution in [-0.2, 0) is 0 Å². The molecular weight excluding hydrogens is 216 g/mol. The number of hydrogen-bond acceptors (Lipinski definition) is 2. The summed E-state index contributed by atoms with van der Waals surface area (Å²) in [6.07, 6.45) is 4.45. The lowest BCUT2D eigenvalue weighted by Crippen LogP contribution is -2.50. The molecule has 0 spiro atoms. The molecule has 2 amide bonds. The molecule has 2 fully saturated rings. The number of urea groups is 1. The van der Waals surface area contributed by atoms with Crippen LogP contribution in [0.1, 0.15) is 32.6 Å². The Hall–Kier alpha value is -0.770. The molecule has 2 atom stereocenters.